The summed E-state index contributed by atoms with van der Waals surface area (Å²) in [6.45, 7) is 2.05. The van der Waals surface area contributed by atoms with Crippen molar-refractivity contribution in [2.24, 2.45) is 0 Å². The molecule has 1 aromatic heterocycles. The van der Waals surface area contributed by atoms with E-state index < -0.39 is 6.10 Å². The number of hydrogen-bond acceptors (Lipinski definition) is 5. The van der Waals surface area contributed by atoms with Gasteiger partial charge in [-0.25, -0.2) is 0 Å². The van der Waals surface area contributed by atoms with Gasteiger partial charge in [-0.3, -0.25) is 9.48 Å². The fraction of sp³-hybridized carbons (Fsp3) is 0.500. The minimum absolute atomic E-state index is 0.0686. The molecular formula is C20H23N3O4. The van der Waals surface area contributed by atoms with Gasteiger partial charge in [0, 0.05) is 30.5 Å². The third-order valence-corrected chi connectivity index (χ3v) is 5.87. The molecule has 1 amide bonds. The Labute approximate surface area is 157 Å². The van der Waals surface area contributed by atoms with Crippen molar-refractivity contribution in [3.8, 4) is 17.2 Å². The molecule has 3 aliphatic rings. The Morgan fingerprint density at radius 2 is 1.96 bits per heavy atom. The van der Waals surface area contributed by atoms with Gasteiger partial charge in [-0.15, -0.1) is 0 Å². The lowest BCUT2D eigenvalue weighted by Crippen LogP contribution is -2.51. The number of piperidine rings is 1. The summed E-state index contributed by atoms with van der Waals surface area (Å²) in [6, 6.07) is 8.29. The summed E-state index contributed by atoms with van der Waals surface area (Å²) < 4.78 is 18.7. The van der Waals surface area contributed by atoms with Gasteiger partial charge in [-0.2, -0.15) is 5.10 Å². The van der Waals surface area contributed by atoms with Crippen molar-refractivity contribution in [2.75, 3.05) is 6.79 Å². The fourth-order valence-electron chi connectivity index (χ4n) is 4.64. The van der Waals surface area contributed by atoms with E-state index in [1.165, 1.54) is 0 Å². The minimum atomic E-state index is -0.533. The van der Waals surface area contributed by atoms with Crippen LogP contribution >= 0.6 is 0 Å². The van der Waals surface area contributed by atoms with Crippen molar-refractivity contribution >= 4 is 5.91 Å². The van der Waals surface area contributed by atoms with Gasteiger partial charge in [0.05, 0.1) is 6.04 Å². The largest absolute Gasteiger partial charge is 0.481 e. The molecule has 27 heavy (non-hydrogen) atoms. The first-order valence-electron chi connectivity index (χ1n) is 9.56. The molecule has 142 valence electrons. The molecule has 0 saturated carbocycles. The van der Waals surface area contributed by atoms with E-state index in [0.29, 0.717) is 23.3 Å². The van der Waals surface area contributed by atoms with E-state index in [9.17, 15) is 4.79 Å². The van der Waals surface area contributed by atoms with Crippen molar-refractivity contribution in [3.05, 3.63) is 36.7 Å². The second-order valence-electron chi connectivity index (χ2n) is 7.52. The molecule has 2 bridgehead atoms. The molecule has 2 saturated heterocycles. The molecule has 3 aliphatic heterocycles. The van der Waals surface area contributed by atoms with E-state index in [0.717, 1.165) is 25.7 Å². The molecule has 2 fully saturated rings. The quantitative estimate of drug-likeness (QED) is 0.829. The highest BCUT2D eigenvalue weighted by atomic mass is 16.7. The minimum Gasteiger partial charge on any atom is -0.481 e. The van der Waals surface area contributed by atoms with Crippen molar-refractivity contribution in [3.63, 3.8) is 0 Å². The zero-order valence-electron chi connectivity index (χ0n) is 15.3. The van der Waals surface area contributed by atoms with Crippen LogP contribution < -0.4 is 14.2 Å². The number of ether oxygens (including phenoxy) is 3. The van der Waals surface area contributed by atoms with Gasteiger partial charge >= 0.3 is 0 Å². The first kappa shape index (κ1) is 16.5. The summed E-state index contributed by atoms with van der Waals surface area (Å²) in [4.78, 5) is 15.2. The Kier molecular flexibility index (Phi) is 3.95. The molecule has 0 radical (unpaired) electrons. The van der Waals surface area contributed by atoms with E-state index in [2.05, 4.69) is 10.00 Å². The summed E-state index contributed by atoms with van der Waals surface area (Å²) in [5.41, 5.74) is 0. The average molecular weight is 369 g/mol. The zero-order valence-corrected chi connectivity index (χ0v) is 15.3. The van der Waals surface area contributed by atoms with Crippen LogP contribution in [0.15, 0.2) is 36.7 Å². The molecule has 3 atom stereocenters. The third-order valence-electron chi connectivity index (χ3n) is 5.87. The van der Waals surface area contributed by atoms with Crippen LogP contribution in [0.3, 0.4) is 0 Å². The summed E-state index contributed by atoms with van der Waals surface area (Å²) in [5, 5.41) is 4.39. The molecule has 4 heterocycles. The van der Waals surface area contributed by atoms with Gasteiger partial charge in [0.15, 0.2) is 17.6 Å². The van der Waals surface area contributed by atoms with Gasteiger partial charge in [0.25, 0.3) is 5.91 Å². The molecule has 0 aliphatic carbocycles. The average Bonchev–Trinajstić information content (AvgIpc) is 3.40. The maximum Gasteiger partial charge on any atom is 0.263 e. The first-order chi connectivity index (χ1) is 13.2. The Hall–Kier alpha value is -2.70. The van der Waals surface area contributed by atoms with E-state index >= 15 is 0 Å². The second kappa shape index (κ2) is 6.48. The third kappa shape index (κ3) is 2.91. The number of hydrogen-bond donors (Lipinski definition) is 0. The van der Waals surface area contributed by atoms with E-state index in [1.807, 2.05) is 42.2 Å². The summed E-state index contributed by atoms with van der Waals surface area (Å²) in [6.07, 6.45) is 7.35. The monoisotopic (exact) mass is 369 g/mol. The molecule has 1 aromatic carbocycles. The van der Waals surface area contributed by atoms with E-state index in [1.54, 1.807) is 6.07 Å². The van der Waals surface area contributed by atoms with Gasteiger partial charge in [-0.1, -0.05) is 0 Å². The van der Waals surface area contributed by atoms with Crippen molar-refractivity contribution in [1.82, 2.24) is 14.7 Å². The molecule has 2 aromatic rings. The highest BCUT2D eigenvalue weighted by Crippen LogP contribution is 2.41. The van der Waals surface area contributed by atoms with Gasteiger partial charge in [0.2, 0.25) is 6.79 Å². The number of benzene rings is 1. The van der Waals surface area contributed by atoms with Crippen molar-refractivity contribution in [2.45, 2.75) is 56.8 Å². The van der Waals surface area contributed by atoms with Crippen LogP contribution in [0, 0.1) is 0 Å². The number of rotatable bonds is 4. The predicted octanol–water partition coefficient (Wildman–Crippen LogP) is 2.77. The molecule has 7 nitrogen and oxygen atoms in total. The number of amides is 1. The standard InChI is InChI=1S/C20H23N3O4/c1-13(27-17-5-6-18-19(11-17)26-12-25-18)20(24)23-14-3-4-15(23)10-16(9-14)22-8-2-7-21-22/h2,5-8,11,13-16H,3-4,9-10,12H2,1H3. The molecule has 3 unspecified atom stereocenters. The lowest BCUT2D eigenvalue weighted by molar-refractivity contribution is -0.143. The Morgan fingerprint density at radius 3 is 2.70 bits per heavy atom. The Balaban J connectivity index is 1.27. The van der Waals surface area contributed by atoms with Gasteiger partial charge in [0.1, 0.15) is 5.75 Å². The first-order valence-corrected chi connectivity index (χ1v) is 9.56. The van der Waals surface area contributed by atoms with Crippen LogP contribution in [0.2, 0.25) is 0 Å². The summed E-state index contributed by atoms with van der Waals surface area (Å²) in [7, 11) is 0. The Morgan fingerprint density at radius 1 is 1.19 bits per heavy atom. The SMILES string of the molecule is CC(Oc1ccc2c(c1)OCO2)C(=O)N1C2CCC1CC(n1cccn1)C2. The van der Waals surface area contributed by atoms with Crippen LogP contribution in [0.25, 0.3) is 0 Å². The lowest BCUT2D eigenvalue weighted by atomic mass is 9.97. The lowest BCUT2D eigenvalue weighted by Gasteiger charge is -2.40. The number of fused-ring (bicyclic) bond motifs is 3. The predicted molar refractivity (Wildman–Crippen MR) is 96.8 cm³/mol. The number of aromatic nitrogens is 2. The Bertz CT molecular complexity index is 824. The maximum atomic E-state index is 13.1. The number of nitrogens with zero attached hydrogens (tertiary/aromatic N) is 3. The highest BCUT2D eigenvalue weighted by Gasteiger charge is 2.45. The summed E-state index contributed by atoms with van der Waals surface area (Å²) in [5.74, 6) is 2.06. The normalized spacial score (nSPS) is 26.9. The molecule has 0 spiro atoms. The zero-order chi connectivity index (χ0) is 18.4. The fourth-order valence-corrected chi connectivity index (χ4v) is 4.64. The number of carbonyl (C=O) groups excluding carboxylic acids is 1. The van der Waals surface area contributed by atoms with E-state index in [-0.39, 0.29) is 24.8 Å². The van der Waals surface area contributed by atoms with Crippen LogP contribution in [-0.2, 0) is 4.79 Å². The van der Waals surface area contributed by atoms with Crippen molar-refractivity contribution in [1.29, 1.82) is 0 Å². The second-order valence-corrected chi connectivity index (χ2v) is 7.52. The number of carbonyl (C=O) groups is 1. The van der Waals surface area contributed by atoms with Gasteiger partial charge in [-0.05, 0) is 50.8 Å². The van der Waals surface area contributed by atoms with E-state index in [4.69, 9.17) is 14.2 Å². The molecule has 5 rings (SSSR count). The van der Waals surface area contributed by atoms with Crippen molar-refractivity contribution < 1.29 is 19.0 Å². The van der Waals surface area contributed by atoms with Crippen LogP contribution in [-0.4, -0.2) is 45.6 Å². The molecular weight excluding hydrogens is 346 g/mol. The van der Waals surface area contributed by atoms with Gasteiger partial charge < -0.3 is 19.1 Å². The summed E-state index contributed by atoms with van der Waals surface area (Å²) >= 11 is 0. The van der Waals surface area contributed by atoms with Crippen LogP contribution in [0.5, 0.6) is 17.2 Å². The molecule has 7 heteroatoms. The smallest absolute Gasteiger partial charge is 0.263 e. The van der Waals surface area contributed by atoms with Crippen LogP contribution in [0.4, 0.5) is 0 Å². The maximum absolute atomic E-state index is 13.1. The molecule has 0 N–H and O–H groups in total. The highest BCUT2D eigenvalue weighted by molar-refractivity contribution is 5.82. The topological polar surface area (TPSA) is 65.8 Å². The van der Waals surface area contributed by atoms with Crippen LogP contribution in [0.1, 0.15) is 38.6 Å².